The van der Waals surface area contributed by atoms with Gasteiger partial charge in [-0.25, -0.2) is 9.59 Å². The van der Waals surface area contributed by atoms with Gasteiger partial charge in [-0.1, -0.05) is 18.2 Å². The Labute approximate surface area is 211 Å². The zero-order chi connectivity index (χ0) is 25.9. The van der Waals surface area contributed by atoms with Crippen molar-refractivity contribution in [2.45, 2.75) is 36.8 Å². The molecule has 190 valence electrons. The molecule has 0 saturated carbocycles. The lowest BCUT2D eigenvalue weighted by Gasteiger charge is -2.37. The summed E-state index contributed by atoms with van der Waals surface area (Å²) < 4.78 is 5.27. The van der Waals surface area contributed by atoms with Crippen LogP contribution in [0.25, 0.3) is 0 Å². The van der Waals surface area contributed by atoms with Gasteiger partial charge < -0.3 is 20.3 Å². The molecule has 1 aliphatic carbocycles. The number of hydrogen-bond donors (Lipinski definition) is 4. The van der Waals surface area contributed by atoms with Crippen LogP contribution in [0.2, 0.25) is 0 Å². The highest BCUT2D eigenvalue weighted by Crippen LogP contribution is 2.40. The molecular weight excluding hydrogens is 478 g/mol. The average Bonchev–Trinajstić information content (AvgIpc) is 3.34. The molecule has 2 fully saturated rings. The van der Waals surface area contributed by atoms with Crippen molar-refractivity contribution in [3.8, 4) is 5.75 Å². The maximum atomic E-state index is 13.4. The fourth-order valence-corrected chi connectivity index (χ4v) is 5.99. The van der Waals surface area contributed by atoms with Gasteiger partial charge in [0.25, 0.3) is 17.7 Å². The van der Waals surface area contributed by atoms with Crippen LogP contribution >= 0.6 is 0 Å². The number of aryl methyl sites for hydroxylation is 1. The average molecular weight is 504 g/mol. The van der Waals surface area contributed by atoms with E-state index >= 15 is 0 Å². The van der Waals surface area contributed by atoms with Crippen molar-refractivity contribution in [1.82, 2.24) is 26.2 Å². The summed E-state index contributed by atoms with van der Waals surface area (Å²) in [6, 6.07) is 9.29. The van der Waals surface area contributed by atoms with E-state index in [1.54, 1.807) is 42.3 Å². The predicted octanol–water partition coefficient (Wildman–Crippen LogP) is 0.799. The van der Waals surface area contributed by atoms with Gasteiger partial charge in [0, 0.05) is 12.1 Å². The smallest absolute Gasteiger partial charge is 0.322 e. The minimum Gasteiger partial charge on any atom is -0.497 e. The van der Waals surface area contributed by atoms with E-state index in [0.717, 1.165) is 11.1 Å². The number of fused-ring (bicyclic) bond motifs is 3. The standard InChI is InChI=1S/C26H25N5O6/c1-37-17-5-6-18-14(12-17)8-10-31(20(18)32)13-26(22(34)28-24(36)30-26)16-4-7-19-15(11-16)3-2-9-25(19)21(33)27-23(35)29-25/h4-7,11-12H,2-3,8-10,13H2,1H3,(H2,27,29,33,35)(H2,28,30,34,36)/t25-,26-/m0/s1. The highest BCUT2D eigenvalue weighted by atomic mass is 16.5. The van der Waals surface area contributed by atoms with Crippen LogP contribution in [0.15, 0.2) is 36.4 Å². The summed E-state index contributed by atoms with van der Waals surface area (Å²) >= 11 is 0. The Hall–Kier alpha value is -4.41. The van der Waals surface area contributed by atoms with Crippen molar-refractivity contribution in [3.05, 3.63) is 64.2 Å². The number of nitrogens with one attached hydrogen (secondary N) is 4. The summed E-state index contributed by atoms with van der Waals surface area (Å²) in [5.74, 6) is -0.525. The number of carbonyl (C=O) groups is 5. The normalized spacial score (nSPS) is 26.3. The largest absolute Gasteiger partial charge is 0.497 e. The van der Waals surface area contributed by atoms with E-state index in [1.807, 2.05) is 6.07 Å². The Morgan fingerprint density at radius 1 is 0.892 bits per heavy atom. The second-order valence-corrected chi connectivity index (χ2v) is 9.85. The molecule has 11 heteroatoms. The van der Waals surface area contributed by atoms with Gasteiger partial charge in [0.1, 0.15) is 11.3 Å². The molecule has 37 heavy (non-hydrogen) atoms. The van der Waals surface area contributed by atoms with E-state index < -0.39 is 35.0 Å². The Morgan fingerprint density at radius 2 is 1.68 bits per heavy atom. The molecule has 11 nitrogen and oxygen atoms in total. The van der Waals surface area contributed by atoms with Crippen LogP contribution in [0.1, 0.15) is 45.5 Å². The second-order valence-electron chi connectivity index (χ2n) is 9.85. The summed E-state index contributed by atoms with van der Waals surface area (Å²) in [5, 5.41) is 10.2. The van der Waals surface area contributed by atoms with E-state index in [4.69, 9.17) is 4.74 Å². The van der Waals surface area contributed by atoms with Gasteiger partial charge in [-0.2, -0.15) is 0 Å². The topological polar surface area (TPSA) is 146 Å². The lowest BCUT2D eigenvalue weighted by Crippen LogP contribution is -2.55. The molecule has 2 aromatic rings. The first-order chi connectivity index (χ1) is 17.8. The Morgan fingerprint density at radius 3 is 2.38 bits per heavy atom. The lowest BCUT2D eigenvalue weighted by molar-refractivity contribution is -0.125. The maximum absolute atomic E-state index is 13.4. The number of urea groups is 2. The van der Waals surface area contributed by atoms with Crippen LogP contribution in [-0.2, 0) is 33.5 Å². The summed E-state index contributed by atoms with van der Waals surface area (Å²) in [4.78, 5) is 65.2. The molecule has 0 radical (unpaired) electrons. The molecule has 3 aliphatic heterocycles. The van der Waals surface area contributed by atoms with E-state index in [9.17, 15) is 24.0 Å². The van der Waals surface area contributed by atoms with E-state index in [0.29, 0.717) is 54.7 Å². The van der Waals surface area contributed by atoms with E-state index in [2.05, 4.69) is 21.3 Å². The minimum atomic E-state index is -1.50. The molecule has 3 heterocycles. The van der Waals surface area contributed by atoms with Crippen LogP contribution in [0.5, 0.6) is 5.75 Å². The molecule has 2 aromatic carbocycles. The number of rotatable bonds is 4. The number of carbonyl (C=O) groups excluding carboxylic acids is 5. The zero-order valence-corrected chi connectivity index (χ0v) is 20.1. The second kappa shape index (κ2) is 8.05. The van der Waals surface area contributed by atoms with Gasteiger partial charge in [-0.15, -0.1) is 0 Å². The van der Waals surface area contributed by atoms with Gasteiger partial charge in [0.15, 0.2) is 5.54 Å². The molecule has 4 aliphatic rings. The molecular formula is C26H25N5O6. The monoisotopic (exact) mass is 503 g/mol. The molecule has 4 N–H and O–H groups in total. The van der Waals surface area contributed by atoms with Crippen molar-refractivity contribution in [3.63, 3.8) is 0 Å². The predicted molar refractivity (Wildman–Crippen MR) is 129 cm³/mol. The SMILES string of the molecule is COc1ccc2c(c1)CCN(C[C@@]1(c3ccc4c(c3)CCC[C@]43NC(=O)NC3=O)NC(=O)NC1=O)C2=O. The van der Waals surface area contributed by atoms with Gasteiger partial charge >= 0.3 is 12.1 Å². The van der Waals surface area contributed by atoms with Crippen LogP contribution in [-0.4, -0.2) is 54.9 Å². The summed E-state index contributed by atoms with van der Waals surface area (Å²) in [5.41, 5.74) is 0.722. The number of nitrogens with zero attached hydrogens (tertiary/aromatic N) is 1. The lowest BCUT2D eigenvalue weighted by atomic mass is 9.74. The van der Waals surface area contributed by atoms with Crippen molar-refractivity contribution < 1.29 is 28.7 Å². The van der Waals surface area contributed by atoms with Crippen LogP contribution in [0.3, 0.4) is 0 Å². The number of imide groups is 2. The maximum Gasteiger partial charge on any atom is 0.322 e. The fourth-order valence-electron chi connectivity index (χ4n) is 5.99. The van der Waals surface area contributed by atoms with Crippen molar-refractivity contribution in [2.24, 2.45) is 0 Å². The van der Waals surface area contributed by atoms with E-state index in [-0.39, 0.29) is 12.5 Å². The quantitative estimate of drug-likeness (QED) is 0.454. The van der Waals surface area contributed by atoms with Crippen LogP contribution in [0, 0.1) is 0 Å². The Bertz CT molecular complexity index is 1410. The van der Waals surface area contributed by atoms with E-state index in [1.165, 1.54) is 0 Å². The van der Waals surface area contributed by atoms with Crippen molar-refractivity contribution >= 4 is 29.8 Å². The highest BCUT2D eigenvalue weighted by Gasteiger charge is 2.53. The van der Waals surface area contributed by atoms with Crippen LogP contribution in [0.4, 0.5) is 9.59 Å². The fraction of sp³-hybridized carbons (Fsp3) is 0.346. The third-order valence-corrected chi connectivity index (χ3v) is 7.85. The summed E-state index contributed by atoms with van der Waals surface area (Å²) in [6.45, 7) is 0.306. The van der Waals surface area contributed by atoms with Crippen molar-refractivity contribution in [1.29, 1.82) is 0 Å². The zero-order valence-electron chi connectivity index (χ0n) is 20.1. The highest BCUT2D eigenvalue weighted by molar-refractivity contribution is 6.09. The summed E-state index contributed by atoms with van der Waals surface area (Å²) in [6.07, 6.45) is 2.33. The minimum absolute atomic E-state index is 0.0595. The molecule has 2 saturated heterocycles. The molecule has 7 amide bonds. The number of hydrogen-bond acceptors (Lipinski definition) is 6. The number of amides is 7. The number of ether oxygens (including phenoxy) is 1. The van der Waals surface area contributed by atoms with Gasteiger partial charge in [0.05, 0.1) is 13.7 Å². The molecule has 2 atom stereocenters. The molecule has 0 aromatic heterocycles. The molecule has 1 spiro atoms. The summed E-state index contributed by atoms with van der Waals surface area (Å²) in [7, 11) is 1.57. The molecule has 0 bridgehead atoms. The number of methoxy groups -OCH3 is 1. The third-order valence-electron chi connectivity index (χ3n) is 7.85. The third kappa shape index (κ3) is 3.37. The first-order valence-corrected chi connectivity index (χ1v) is 12.1. The molecule has 0 unspecified atom stereocenters. The first-order valence-electron chi connectivity index (χ1n) is 12.1. The van der Waals surface area contributed by atoms with Gasteiger partial charge in [0.2, 0.25) is 0 Å². The Kier molecular flexibility index (Phi) is 5.01. The van der Waals surface area contributed by atoms with Crippen molar-refractivity contribution in [2.75, 3.05) is 20.2 Å². The number of benzene rings is 2. The Balaban J connectivity index is 1.37. The van der Waals surface area contributed by atoms with Gasteiger partial charge in [-0.05, 0) is 66.1 Å². The molecule has 6 rings (SSSR count). The first kappa shape index (κ1) is 23.0. The van der Waals surface area contributed by atoms with Crippen LogP contribution < -0.4 is 26.0 Å². The van der Waals surface area contributed by atoms with Gasteiger partial charge in [-0.3, -0.25) is 25.0 Å².